The van der Waals surface area contributed by atoms with Crippen molar-refractivity contribution in [2.75, 3.05) is 6.54 Å². The van der Waals surface area contributed by atoms with E-state index in [1.54, 1.807) is 0 Å². The maximum Gasteiger partial charge on any atom is 0.231 e. The third kappa shape index (κ3) is 2.98. The molecule has 0 saturated carbocycles. The average Bonchev–Trinajstić information content (AvgIpc) is 2.85. The molecule has 0 spiro atoms. The van der Waals surface area contributed by atoms with Gasteiger partial charge < -0.3 is 10.3 Å². The smallest absolute Gasteiger partial charge is 0.231 e. The Kier molecular flexibility index (Phi) is 4.27. The van der Waals surface area contributed by atoms with Crippen molar-refractivity contribution in [2.24, 2.45) is 5.73 Å². The third-order valence-electron chi connectivity index (χ3n) is 3.14. The molecule has 0 amide bonds. The van der Waals surface area contributed by atoms with Crippen LogP contribution >= 0.6 is 0 Å². The van der Waals surface area contributed by atoms with Gasteiger partial charge in [0.05, 0.1) is 5.92 Å². The van der Waals surface area contributed by atoms with E-state index in [-0.39, 0.29) is 5.92 Å². The van der Waals surface area contributed by atoms with Gasteiger partial charge in [-0.1, -0.05) is 24.6 Å². The minimum absolute atomic E-state index is 0.136. The Morgan fingerprint density at radius 2 is 2.16 bits per heavy atom. The highest BCUT2D eigenvalue weighted by molar-refractivity contribution is 5.54. The quantitative estimate of drug-likeness (QED) is 0.894. The molecule has 0 fully saturated rings. The fourth-order valence-electron chi connectivity index (χ4n) is 2.14. The Morgan fingerprint density at radius 3 is 2.79 bits per heavy atom. The molecule has 2 rings (SSSR count). The summed E-state index contributed by atoms with van der Waals surface area (Å²) in [6.45, 7) is 6.65. The number of nitrogens with zero attached hydrogens (tertiary/aromatic N) is 3. The van der Waals surface area contributed by atoms with E-state index in [1.807, 2.05) is 20.0 Å². The summed E-state index contributed by atoms with van der Waals surface area (Å²) in [7, 11) is 0. The van der Waals surface area contributed by atoms with Crippen LogP contribution in [0.4, 0.5) is 0 Å². The molecule has 2 N–H and O–H groups in total. The van der Waals surface area contributed by atoms with Crippen molar-refractivity contribution in [1.82, 2.24) is 15.1 Å². The van der Waals surface area contributed by atoms with Crippen molar-refractivity contribution in [3.05, 3.63) is 29.3 Å². The number of rotatable bonds is 5. The maximum atomic E-state index is 5.75. The molecule has 102 valence electrons. The van der Waals surface area contributed by atoms with Crippen LogP contribution in [0.25, 0.3) is 11.5 Å². The summed E-state index contributed by atoms with van der Waals surface area (Å²) in [5.74, 6) is 1.29. The number of hydrogen-bond acceptors (Lipinski definition) is 5. The predicted molar refractivity (Wildman–Crippen MR) is 73.7 cm³/mol. The molecule has 0 aromatic carbocycles. The molecule has 0 aliphatic carbocycles. The van der Waals surface area contributed by atoms with Gasteiger partial charge >= 0.3 is 0 Å². The first-order chi connectivity index (χ1) is 9.15. The predicted octanol–water partition coefficient (Wildman–Crippen LogP) is 2.59. The first-order valence-electron chi connectivity index (χ1n) is 6.63. The molecule has 5 nitrogen and oxygen atoms in total. The minimum atomic E-state index is 0.136. The SMILES string of the molecule is CCCC(CN)c1nc(-c2ncc(C)cc2C)no1. The van der Waals surface area contributed by atoms with E-state index in [0.717, 1.165) is 29.7 Å². The number of pyridine rings is 1. The fraction of sp³-hybridized carbons (Fsp3) is 0.500. The van der Waals surface area contributed by atoms with Crippen LogP contribution in [0.15, 0.2) is 16.8 Å². The zero-order valence-electron chi connectivity index (χ0n) is 11.7. The number of aryl methyl sites for hydroxylation is 2. The number of hydrogen-bond donors (Lipinski definition) is 1. The monoisotopic (exact) mass is 260 g/mol. The van der Waals surface area contributed by atoms with Gasteiger partial charge in [0.25, 0.3) is 0 Å². The number of aromatic nitrogens is 3. The second-order valence-electron chi connectivity index (χ2n) is 4.86. The second kappa shape index (κ2) is 5.93. The van der Waals surface area contributed by atoms with E-state index in [9.17, 15) is 0 Å². The molecule has 1 unspecified atom stereocenters. The topological polar surface area (TPSA) is 77.8 Å². The van der Waals surface area contributed by atoms with Gasteiger partial charge in [0, 0.05) is 12.7 Å². The summed E-state index contributed by atoms with van der Waals surface area (Å²) >= 11 is 0. The molecule has 0 bridgehead atoms. The lowest BCUT2D eigenvalue weighted by Crippen LogP contribution is -2.12. The van der Waals surface area contributed by atoms with Gasteiger partial charge in [-0.05, 0) is 31.4 Å². The molecule has 0 aliphatic heterocycles. The Labute approximate surface area is 113 Å². The van der Waals surface area contributed by atoms with E-state index in [4.69, 9.17) is 10.3 Å². The molecule has 2 aromatic rings. The summed E-state index contributed by atoms with van der Waals surface area (Å²) in [6.07, 6.45) is 3.81. The van der Waals surface area contributed by atoms with Gasteiger partial charge in [-0.3, -0.25) is 4.98 Å². The normalized spacial score (nSPS) is 12.6. The van der Waals surface area contributed by atoms with Crippen LogP contribution < -0.4 is 5.73 Å². The van der Waals surface area contributed by atoms with Crippen LogP contribution in [0.3, 0.4) is 0 Å². The lowest BCUT2D eigenvalue weighted by Gasteiger charge is -2.06. The summed E-state index contributed by atoms with van der Waals surface area (Å²) in [6, 6.07) is 2.06. The lowest BCUT2D eigenvalue weighted by atomic mass is 10.0. The molecule has 0 radical (unpaired) electrons. The highest BCUT2D eigenvalue weighted by Gasteiger charge is 2.18. The molecular formula is C14H20N4O. The van der Waals surface area contributed by atoms with E-state index >= 15 is 0 Å². The zero-order valence-corrected chi connectivity index (χ0v) is 11.7. The van der Waals surface area contributed by atoms with Gasteiger partial charge in [0.2, 0.25) is 11.7 Å². The summed E-state index contributed by atoms with van der Waals surface area (Å²) in [5, 5.41) is 4.02. The molecule has 19 heavy (non-hydrogen) atoms. The first kappa shape index (κ1) is 13.7. The Balaban J connectivity index is 2.29. The number of nitrogens with two attached hydrogens (primary N) is 1. The largest absolute Gasteiger partial charge is 0.339 e. The van der Waals surface area contributed by atoms with Crippen LogP contribution in [-0.4, -0.2) is 21.7 Å². The molecule has 0 aliphatic rings. The zero-order chi connectivity index (χ0) is 13.8. The molecule has 2 aromatic heterocycles. The van der Waals surface area contributed by atoms with Crippen LogP contribution in [0.2, 0.25) is 0 Å². The Bertz CT molecular complexity index is 550. The van der Waals surface area contributed by atoms with Gasteiger partial charge in [0.15, 0.2) is 0 Å². The van der Waals surface area contributed by atoms with Crippen LogP contribution in [-0.2, 0) is 0 Å². The lowest BCUT2D eigenvalue weighted by molar-refractivity contribution is 0.347. The van der Waals surface area contributed by atoms with E-state index < -0.39 is 0 Å². The summed E-state index contributed by atoms with van der Waals surface area (Å²) in [4.78, 5) is 8.82. The molecule has 5 heteroatoms. The van der Waals surface area contributed by atoms with E-state index in [1.165, 1.54) is 0 Å². The second-order valence-corrected chi connectivity index (χ2v) is 4.86. The molecule has 2 heterocycles. The van der Waals surface area contributed by atoms with Crippen LogP contribution in [0.5, 0.6) is 0 Å². The van der Waals surface area contributed by atoms with Crippen molar-refractivity contribution in [1.29, 1.82) is 0 Å². The highest BCUT2D eigenvalue weighted by atomic mass is 16.5. The fourth-order valence-corrected chi connectivity index (χ4v) is 2.14. The maximum absolute atomic E-state index is 5.75. The van der Waals surface area contributed by atoms with Crippen molar-refractivity contribution < 1.29 is 4.52 Å². The van der Waals surface area contributed by atoms with Crippen molar-refractivity contribution >= 4 is 0 Å². The van der Waals surface area contributed by atoms with Crippen molar-refractivity contribution in [3.63, 3.8) is 0 Å². The van der Waals surface area contributed by atoms with E-state index in [0.29, 0.717) is 18.3 Å². The van der Waals surface area contributed by atoms with Gasteiger partial charge in [-0.2, -0.15) is 4.98 Å². The summed E-state index contributed by atoms with van der Waals surface area (Å²) in [5.41, 5.74) is 8.69. The standard InChI is InChI=1S/C14H20N4O/c1-4-5-11(7-15)14-17-13(18-19-14)12-10(3)6-9(2)8-16-12/h6,8,11H,4-5,7,15H2,1-3H3. The molecule has 1 atom stereocenters. The van der Waals surface area contributed by atoms with Crippen LogP contribution in [0, 0.1) is 13.8 Å². The van der Waals surface area contributed by atoms with Gasteiger partial charge in [-0.15, -0.1) is 0 Å². The average molecular weight is 260 g/mol. The molecular weight excluding hydrogens is 240 g/mol. The molecule has 0 saturated heterocycles. The van der Waals surface area contributed by atoms with Crippen molar-refractivity contribution in [2.45, 2.75) is 39.5 Å². The first-order valence-corrected chi connectivity index (χ1v) is 6.63. The van der Waals surface area contributed by atoms with Gasteiger partial charge in [0.1, 0.15) is 5.69 Å². The minimum Gasteiger partial charge on any atom is -0.339 e. The Hall–Kier alpha value is -1.75. The third-order valence-corrected chi connectivity index (χ3v) is 3.14. The highest BCUT2D eigenvalue weighted by Crippen LogP contribution is 2.23. The van der Waals surface area contributed by atoms with E-state index in [2.05, 4.69) is 28.1 Å². The van der Waals surface area contributed by atoms with Crippen LogP contribution in [0.1, 0.15) is 42.7 Å². The summed E-state index contributed by atoms with van der Waals surface area (Å²) < 4.78 is 5.33. The van der Waals surface area contributed by atoms with Crippen molar-refractivity contribution in [3.8, 4) is 11.5 Å². The Morgan fingerprint density at radius 1 is 1.37 bits per heavy atom. The van der Waals surface area contributed by atoms with Gasteiger partial charge in [-0.25, -0.2) is 0 Å².